The summed E-state index contributed by atoms with van der Waals surface area (Å²) in [5, 5.41) is 19.8. The van der Waals surface area contributed by atoms with Crippen LogP contribution in [0.2, 0.25) is 0 Å². The molecule has 1 unspecified atom stereocenters. The number of nitriles is 1. The third kappa shape index (κ3) is 3.65. The summed E-state index contributed by atoms with van der Waals surface area (Å²) in [6.07, 6.45) is -4.45. The van der Waals surface area contributed by atoms with Crippen LogP contribution in [-0.2, 0) is 6.54 Å². The van der Waals surface area contributed by atoms with E-state index in [-0.39, 0.29) is 18.8 Å². The Morgan fingerprint density at radius 3 is 2.80 bits per heavy atom. The van der Waals surface area contributed by atoms with Crippen LogP contribution >= 0.6 is 0 Å². The predicted octanol–water partition coefficient (Wildman–Crippen LogP) is 0.867. The third-order valence-electron chi connectivity index (χ3n) is 1.72. The first-order valence-electron chi connectivity index (χ1n) is 4.29. The van der Waals surface area contributed by atoms with Crippen molar-refractivity contribution in [2.75, 3.05) is 6.54 Å². The van der Waals surface area contributed by atoms with Gasteiger partial charge in [-0.25, -0.2) is 8.78 Å². The normalized spacial score (nSPS) is 12.7. The molecule has 0 aliphatic rings. The minimum absolute atomic E-state index is 0.168. The van der Waals surface area contributed by atoms with Gasteiger partial charge in [0.15, 0.2) is 0 Å². The molecule has 0 aromatic carbocycles. The van der Waals surface area contributed by atoms with Gasteiger partial charge in [0.05, 0.1) is 6.54 Å². The highest BCUT2D eigenvalue weighted by atomic mass is 19.3. The molecule has 1 aromatic heterocycles. The summed E-state index contributed by atoms with van der Waals surface area (Å²) in [5.41, 5.74) is 0. The standard InChI is InChI=1S/C9H10F2N2O2/c10-9(11)8(14)5-13-4-7-2-1-6(3-12)15-7/h1-2,8-9,13-14H,4-5H2. The van der Waals surface area contributed by atoms with E-state index in [4.69, 9.17) is 14.8 Å². The molecule has 1 aromatic rings. The van der Waals surface area contributed by atoms with Crippen LogP contribution in [0.25, 0.3) is 0 Å². The lowest BCUT2D eigenvalue weighted by Crippen LogP contribution is -2.31. The van der Waals surface area contributed by atoms with Gasteiger partial charge in [0.2, 0.25) is 5.76 Å². The molecular weight excluding hydrogens is 206 g/mol. The van der Waals surface area contributed by atoms with E-state index in [1.54, 1.807) is 12.1 Å². The predicted molar refractivity (Wildman–Crippen MR) is 47.1 cm³/mol. The van der Waals surface area contributed by atoms with Crippen molar-refractivity contribution >= 4 is 0 Å². The van der Waals surface area contributed by atoms with Crippen LogP contribution < -0.4 is 5.32 Å². The van der Waals surface area contributed by atoms with Crippen LogP contribution in [0.15, 0.2) is 16.5 Å². The van der Waals surface area contributed by atoms with Gasteiger partial charge in [0.1, 0.15) is 17.9 Å². The van der Waals surface area contributed by atoms with E-state index in [0.29, 0.717) is 5.76 Å². The maximum atomic E-state index is 11.9. The second kappa shape index (κ2) is 5.44. The highest BCUT2D eigenvalue weighted by molar-refractivity contribution is 5.18. The van der Waals surface area contributed by atoms with Crippen molar-refractivity contribution in [2.45, 2.75) is 19.1 Å². The molecule has 0 aliphatic heterocycles. The van der Waals surface area contributed by atoms with Crippen LogP contribution in [0, 0.1) is 11.3 Å². The zero-order valence-electron chi connectivity index (χ0n) is 7.78. The van der Waals surface area contributed by atoms with E-state index in [1.165, 1.54) is 6.07 Å². The van der Waals surface area contributed by atoms with Gasteiger partial charge in [0, 0.05) is 6.54 Å². The molecule has 4 nitrogen and oxygen atoms in total. The maximum Gasteiger partial charge on any atom is 0.265 e. The Bertz CT molecular complexity index is 346. The number of aliphatic hydroxyl groups excluding tert-OH is 1. The van der Waals surface area contributed by atoms with E-state index in [2.05, 4.69) is 5.32 Å². The minimum atomic E-state index is -2.76. The molecule has 1 rings (SSSR count). The summed E-state index contributed by atoms with van der Waals surface area (Å²) in [6.45, 7) is -0.0221. The van der Waals surface area contributed by atoms with Crippen molar-refractivity contribution in [1.82, 2.24) is 5.32 Å². The lowest BCUT2D eigenvalue weighted by molar-refractivity contribution is -0.00359. The zero-order valence-corrected chi connectivity index (χ0v) is 7.78. The Labute approximate surface area is 85.1 Å². The highest BCUT2D eigenvalue weighted by Gasteiger charge is 2.15. The molecule has 1 atom stereocenters. The average molecular weight is 216 g/mol. The first kappa shape index (κ1) is 11.6. The van der Waals surface area contributed by atoms with Crippen molar-refractivity contribution in [3.63, 3.8) is 0 Å². The second-order valence-corrected chi connectivity index (χ2v) is 2.91. The molecule has 0 bridgehead atoms. The molecule has 0 amide bonds. The lowest BCUT2D eigenvalue weighted by Gasteiger charge is -2.09. The van der Waals surface area contributed by atoms with E-state index in [0.717, 1.165) is 0 Å². The summed E-state index contributed by atoms with van der Waals surface area (Å²) in [7, 11) is 0. The van der Waals surface area contributed by atoms with Crippen molar-refractivity contribution in [1.29, 1.82) is 5.26 Å². The monoisotopic (exact) mass is 216 g/mol. The molecule has 0 aliphatic carbocycles. The highest BCUT2D eigenvalue weighted by Crippen LogP contribution is 2.06. The number of alkyl halides is 2. The van der Waals surface area contributed by atoms with Crippen LogP contribution in [0.3, 0.4) is 0 Å². The summed E-state index contributed by atoms with van der Waals surface area (Å²) in [6, 6.07) is 4.86. The SMILES string of the molecule is N#Cc1ccc(CNCC(O)C(F)F)o1. The molecule has 2 N–H and O–H groups in total. The van der Waals surface area contributed by atoms with Gasteiger partial charge in [-0.1, -0.05) is 0 Å². The van der Waals surface area contributed by atoms with E-state index >= 15 is 0 Å². The molecule has 0 spiro atoms. The number of halogens is 2. The van der Waals surface area contributed by atoms with E-state index < -0.39 is 12.5 Å². The maximum absolute atomic E-state index is 11.9. The Balaban J connectivity index is 2.29. The molecule has 15 heavy (non-hydrogen) atoms. The van der Waals surface area contributed by atoms with Crippen LogP contribution in [0.4, 0.5) is 8.78 Å². The first-order valence-corrected chi connectivity index (χ1v) is 4.29. The van der Waals surface area contributed by atoms with Gasteiger partial charge in [-0.05, 0) is 12.1 Å². The van der Waals surface area contributed by atoms with Gasteiger partial charge in [-0.2, -0.15) is 5.26 Å². The zero-order chi connectivity index (χ0) is 11.3. The fraction of sp³-hybridized carbons (Fsp3) is 0.444. The van der Waals surface area contributed by atoms with Crippen molar-refractivity contribution in [3.8, 4) is 6.07 Å². The molecule has 1 heterocycles. The summed E-state index contributed by atoms with van der Waals surface area (Å²) < 4.78 is 28.7. The van der Waals surface area contributed by atoms with E-state index in [9.17, 15) is 8.78 Å². The van der Waals surface area contributed by atoms with Gasteiger partial charge < -0.3 is 14.8 Å². The second-order valence-electron chi connectivity index (χ2n) is 2.91. The van der Waals surface area contributed by atoms with Gasteiger partial charge in [-0.3, -0.25) is 0 Å². The number of hydrogen-bond acceptors (Lipinski definition) is 4. The first-order chi connectivity index (χ1) is 7.13. The van der Waals surface area contributed by atoms with Gasteiger partial charge in [-0.15, -0.1) is 0 Å². The molecule has 82 valence electrons. The Kier molecular flexibility index (Phi) is 4.21. The largest absolute Gasteiger partial charge is 0.449 e. The topological polar surface area (TPSA) is 69.2 Å². The Morgan fingerprint density at radius 1 is 1.53 bits per heavy atom. The summed E-state index contributed by atoms with van der Waals surface area (Å²) in [4.78, 5) is 0. The Morgan fingerprint density at radius 2 is 2.27 bits per heavy atom. The van der Waals surface area contributed by atoms with Gasteiger partial charge in [0.25, 0.3) is 6.43 Å². The minimum Gasteiger partial charge on any atom is -0.449 e. The number of rotatable bonds is 5. The summed E-state index contributed by atoms with van der Waals surface area (Å²) in [5.74, 6) is 0.634. The van der Waals surface area contributed by atoms with Crippen molar-refractivity contribution in [3.05, 3.63) is 23.7 Å². The molecule has 0 saturated carbocycles. The van der Waals surface area contributed by atoms with Crippen LogP contribution in [0.1, 0.15) is 11.5 Å². The third-order valence-corrected chi connectivity index (χ3v) is 1.72. The molecule has 0 fully saturated rings. The number of hydrogen-bond donors (Lipinski definition) is 2. The number of nitrogens with zero attached hydrogens (tertiary/aromatic N) is 1. The van der Waals surface area contributed by atoms with Gasteiger partial charge >= 0.3 is 0 Å². The smallest absolute Gasteiger partial charge is 0.265 e. The Hall–Kier alpha value is -1.45. The number of nitrogens with one attached hydrogen (secondary N) is 1. The molecule has 6 heteroatoms. The lowest BCUT2D eigenvalue weighted by atomic mass is 10.3. The average Bonchev–Trinajstić information content (AvgIpc) is 2.65. The fourth-order valence-corrected chi connectivity index (χ4v) is 0.965. The number of aliphatic hydroxyl groups is 1. The van der Waals surface area contributed by atoms with Crippen LogP contribution in [0.5, 0.6) is 0 Å². The fourth-order valence-electron chi connectivity index (χ4n) is 0.965. The summed E-state index contributed by atoms with van der Waals surface area (Å²) >= 11 is 0. The van der Waals surface area contributed by atoms with E-state index in [1.807, 2.05) is 0 Å². The number of furan rings is 1. The molecular formula is C9H10F2N2O2. The van der Waals surface area contributed by atoms with Crippen molar-refractivity contribution < 1.29 is 18.3 Å². The van der Waals surface area contributed by atoms with Crippen molar-refractivity contribution in [2.24, 2.45) is 0 Å². The van der Waals surface area contributed by atoms with Crippen LogP contribution in [-0.4, -0.2) is 24.2 Å². The quantitative estimate of drug-likeness (QED) is 0.766. The molecule has 0 radical (unpaired) electrons. The molecule has 0 saturated heterocycles.